The van der Waals surface area contributed by atoms with E-state index in [1.165, 1.54) is 0 Å². The molecule has 0 saturated heterocycles. The number of hydrogen-bond acceptors (Lipinski definition) is 5. The van der Waals surface area contributed by atoms with Crippen LogP contribution in [0.25, 0.3) is 11.0 Å². The van der Waals surface area contributed by atoms with Crippen LogP contribution in [-0.2, 0) is 16.2 Å². The molecule has 0 spiro atoms. The third kappa shape index (κ3) is 4.91. The molecule has 1 heterocycles. The van der Waals surface area contributed by atoms with Crippen molar-refractivity contribution in [2.24, 2.45) is 0 Å². The number of sulfonamides is 1. The van der Waals surface area contributed by atoms with E-state index >= 15 is 0 Å². The average molecular weight is 440 g/mol. The molecule has 1 aromatic heterocycles. The second-order valence-electron chi connectivity index (χ2n) is 5.72. The first-order valence-electron chi connectivity index (χ1n) is 7.64. The fourth-order valence-corrected chi connectivity index (χ4v) is 3.27. The molecule has 0 saturated carbocycles. The van der Waals surface area contributed by atoms with Gasteiger partial charge in [0.1, 0.15) is 5.75 Å². The second kappa shape index (κ2) is 7.13. The molecule has 0 radical (unpaired) electrons. The minimum Gasteiger partial charge on any atom is -0.484 e. The summed E-state index contributed by atoms with van der Waals surface area (Å²) in [6, 6.07) is 6.37. The summed E-state index contributed by atoms with van der Waals surface area (Å²) in [5, 5.41) is 3.21. The maximum absolute atomic E-state index is 12.9. The van der Waals surface area contributed by atoms with Crippen LogP contribution in [-0.4, -0.2) is 26.4 Å². The fourth-order valence-electron chi connectivity index (χ4n) is 2.25. The number of halogens is 6. The topological polar surface area (TPSA) is 81.4 Å². The van der Waals surface area contributed by atoms with Gasteiger partial charge in [-0.05, 0) is 42.5 Å². The lowest BCUT2D eigenvalue weighted by Crippen LogP contribution is -2.19. The average Bonchev–Trinajstić information content (AvgIpc) is 3.01. The Morgan fingerprint density at radius 1 is 1.00 bits per heavy atom. The van der Waals surface area contributed by atoms with Crippen molar-refractivity contribution in [3.63, 3.8) is 0 Å². The van der Waals surface area contributed by atoms with Crippen LogP contribution in [0.4, 0.5) is 32.2 Å². The molecule has 0 aliphatic heterocycles. The molecule has 13 heteroatoms. The van der Waals surface area contributed by atoms with Gasteiger partial charge in [-0.25, -0.2) is 8.42 Å². The van der Waals surface area contributed by atoms with Gasteiger partial charge in [0.15, 0.2) is 18.0 Å². The minimum absolute atomic E-state index is 0.0772. The van der Waals surface area contributed by atoms with E-state index in [0.29, 0.717) is 6.07 Å². The van der Waals surface area contributed by atoms with Crippen LogP contribution in [0.1, 0.15) is 5.56 Å². The van der Waals surface area contributed by atoms with E-state index in [1.54, 1.807) is 0 Å². The van der Waals surface area contributed by atoms with Crippen molar-refractivity contribution < 1.29 is 44.0 Å². The lowest BCUT2D eigenvalue weighted by atomic mass is 10.1. The number of alkyl halides is 6. The van der Waals surface area contributed by atoms with Gasteiger partial charge in [0, 0.05) is 0 Å². The zero-order chi connectivity index (χ0) is 21.4. The summed E-state index contributed by atoms with van der Waals surface area (Å²) in [7, 11) is -4.31. The van der Waals surface area contributed by atoms with Crippen molar-refractivity contribution in [2.75, 3.05) is 11.3 Å². The van der Waals surface area contributed by atoms with Gasteiger partial charge in [0.2, 0.25) is 0 Å². The third-order valence-corrected chi connectivity index (χ3v) is 4.92. The molecule has 156 valence electrons. The number of hydrogen-bond donors (Lipinski definition) is 1. The monoisotopic (exact) mass is 440 g/mol. The molecular weight excluding hydrogens is 430 g/mol. The van der Waals surface area contributed by atoms with E-state index in [4.69, 9.17) is 4.52 Å². The van der Waals surface area contributed by atoms with Crippen molar-refractivity contribution >= 4 is 26.8 Å². The maximum Gasteiger partial charge on any atom is 0.422 e. The molecule has 0 aliphatic carbocycles. The Labute approximate surface area is 159 Å². The molecule has 3 aromatic rings. The molecule has 0 atom stereocenters. The minimum atomic E-state index is -4.66. The summed E-state index contributed by atoms with van der Waals surface area (Å²) in [5.74, 6) is -0.688. The zero-order valence-electron chi connectivity index (χ0n) is 14.0. The molecular formula is C16H10F6N2O4S. The van der Waals surface area contributed by atoms with E-state index in [0.717, 1.165) is 36.4 Å². The summed E-state index contributed by atoms with van der Waals surface area (Å²) in [4.78, 5) is -0.375. The van der Waals surface area contributed by atoms with E-state index in [1.807, 2.05) is 4.72 Å². The normalized spacial score (nSPS) is 12.9. The van der Waals surface area contributed by atoms with E-state index < -0.39 is 40.4 Å². The van der Waals surface area contributed by atoms with Crippen molar-refractivity contribution in [3.8, 4) is 5.75 Å². The summed E-state index contributed by atoms with van der Waals surface area (Å²) in [6.07, 6.45) is -9.22. The van der Waals surface area contributed by atoms with Gasteiger partial charge in [0.25, 0.3) is 10.0 Å². The van der Waals surface area contributed by atoms with Crippen molar-refractivity contribution in [2.45, 2.75) is 17.2 Å². The molecule has 0 unspecified atom stereocenters. The highest BCUT2D eigenvalue weighted by atomic mass is 32.2. The Morgan fingerprint density at radius 3 is 2.24 bits per heavy atom. The molecule has 3 rings (SSSR count). The Balaban J connectivity index is 1.84. The van der Waals surface area contributed by atoms with Crippen LogP contribution >= 0.6 is 0 Å². The molecule has 0 bridgehead atoms. The number of nitrogens with zero attached hydrogens (tertiary/aromatic N) is 1. The Bertz CT molecular complexity index is 1120. The first-order chi connectivity index (χ1) is 13.4. The van der Waals surface area contributed by atoms with Crippen LogP contribution in [0, 0.1) is 0 Å². The van der Waals surface area contributed by atoms with Crippen molar-refractivity contribution in [3.05, 3.63) is 48.0 Å². The van der Waals surface area contributed by atoms with Crippen LogP contribution in [0.15, 0.2) is 51.9 Å². The highest BCUT2D eigenvalue weighted by Crippen LogP contribution is 2.34. The van der Waals surface area contributed by atoms with Gasteiger partial charge >= 0.3 is 12.4 Å². The molecule has 6 nitrogen and oxygen atoms in total. The van der Waals surface area contributed by atoms with E-state index in [2.05, 4.69) is 9.89 Å². The molecule has 29 heavy (non-hydrogen) atoms. The number of nitrogens with one attached hydrogen (secondary N) is 1. The van der Waals surface area contributed by atoms with Crippen LogP contribution in [0.3, 0.4) is 0 Å². The maximum atomic E-state index is 12.9. The largest absolute Gasteiger partial charge is 0.484 e. The lowest BCUT2D eigenvalue weighted by Gasteiger charge is -2.10. The van der Waals surface area contributed by atoms with Gasteiger partial charge in [-0.2, -0.15) is 26.3 Å². The quantitative estimate of drug-likeness (QED) is 0.587. The first-order valence-corrected chi connectivity index (χ1v) is 9.12. The summed E-state index contributed by atoms with van der Waals surface area (Å²) >= 11 is 0. The predicted octanol–water partition coefficient (Wildman–Crippen LogP) is 4.59. The molecule has 2 aromatic carbocycles. The highest BCUT2D eigenvalue weighted by Gasteiger charge is 2.32. The first kappa shape index (κ1) is 20.8. The Kier molecular flexibility index (Phi) is 5.11. The van der Waals surface area contributed by atoms with E-state index in [-0.39, 0.29) is 21.6 Å². The van der Waals surface area contributed by atoms with Crippen molar-refractivity contribution in [1.29, 1.82) is 0 Å². The predicted molar refractivity (Wildman–Crippen MR) is 87.8 cm³/mol. The van der Waals surface area contributed by atoms with Crippen molar-refractivity contribution in [1.82, 2.24) is 5.16 Å². The lowest BCUT2D eigenvalue weighted by molar-refractivity contribution is -0.153. The van der Waals surface area contributed by atoms with Gasteiger partial charge in [-0.15, -0.1) is 0 Å². The number of ether oxygens (including phenoxy) is 1. The smallest absolute Gasteiger partial charge is 0.422 e. The Morgan fingerprint density at radius 2 is 1.66 bits per heavy atom. The van der Waals surface area contributed by atoms with Crippen LogP contribution in [0.5, 0.6) is 5.75 Å². The summed E-state index contributed by atoms with van der Waals surface area (Å²) < 4.78 is 111. The fraction of sp³-hybridized carbons (Fsp3) is 0.188. The van der Waals surface area contributed by atoms with Gasteiger partial charge in [-0.3, -0.25) is 4.72 Å². The van der Waals surface area contributed by atoms with Gasteiger partial charge in [-0.1, -0.05) is 5.16 Å². The molecule has 0 aliphatic rings. The summed E-state index contributed by atoms with van der Waals surface area (Å²) in [6.45, 7) is -1.55. The number of benzene rings is 2. The second-order valence-corrected chi connectivity index (χ2v) is 7.40. The number of aromatic nitrogens is 1. The highest BCUT2D eigenvalue weighted by molar-refractivity contribution is 7.92. The number of fused-ring (bicyclic) bond motifs is 1. The third-order valence-electron chi connectivity index (χ3n) is 3.56. The number of rotatable bonds is 5. The number of anilines is 1. The molecule has 0 amide bonds. The standard InChI is InChI=1S/C16H10F6N2O4S/c17-15(18,19)8-27-10-2-4-11(5-3-10)29(25,26)24-14-12-7-9(16(20,21)22)1-6-13(12)28-23-14/h1-7H,8H2,(H,23,24). The molecule has 1 N–H and O–H groups in total. The Hall–Kier alpha value is -2.96. The SMILES string of the molecule is O=S(=O)(Nc1noc2ccc(C(F)(F)F)cc12)c1ccc(OCC(F)(F)F)cc1. The van der Waals surface area contributed by atoms with Gasteiger partial charge < -0.3 is 9.26 Å². The van der Waals surface area contributed by atoms with E-state index in [9.17, 15) is 34.8 Å². The van der Waals surface area contributed by atoms with Crippen LogP contribution < -0.4 is 9.46 Å². The van der Waals surface area contributed by atoms with Gasteiger partial charge in [0.05, 0.1) is 15.8 Å². The molecule has 0 fully saturated rings. The van der Waals surface area contributed by atoms with Crippen LogP contribution in [0.2, 0.25) is 0 Å². The zero-order valence-corrected chi connectivity index (χ0v) is 14.8. The summed E-state index contributed by atoms with van der Waals surface area (Å²) in [5.41, 5.74) is -1.11.